The Bertz CT molecular complexity index is 355. The van der Waals surface area contributed by atoms with Gasteiger partial charge in [-0.15, -0.1) is 0 Å². The molecule has 74 valence electrons. The summed E-state index contributed by atoms with van der Waals surface area (Å²) in [6.45, 7) is 4.88. The molecule has 14 heavy (non-hydrogen) atoms. The lowest BCUT2D eigenvalue weighted by Gasteiger charge is -2.20. The molecule has 2 N–H and O–H groups in total. The highest BCUT2D eigenvalue weighted by Gasteiger charge is 2.10. The Balaban J connectivity index is 2.28. The van der Waals surface area contributed by atoms with Crippen molar-refractivity contribution in [1.82, 2.24) is 5.32 Å². The van der Waals surface area contributed by atoms with Crippen molar-refractivity contribution in [2.75, 3.05) is 12.4 Å². The largest absolute Gasteiger partial charge is 0.359 e. The highest BCUT2D eigenvalue weighted by molar-refractivity contribution is 5.58. The van der Waals surface area contributed by atoms with Crippen molar-refractivity contribution in [3.63, 3.8) is 0 Å². The molecule has 2 nitrogen and oxygen atoms in total. The molecule has 0 radical (unpaired) electrons. The maximum Gasteiger partial charge on any atom is 0.0417 e. The Kier molecular flexibility index (Phi) is 2.55. The van der Waals surface area contributed by atoms with E-state index in [9.17, 15) is 0 Å². The van der Waals surface area contributed by atoms with E-state index < -0.39 is 0 Å². The van der Waals surface area contributed by atoms with Crippen molar-refractivity contribution < 1.29 is 0 Å². The molecule has 0 aromatic heterocycles. The summed E-state index contributed by atoms with van der Waals surface area (Å²) in [5.74, 6) is 0. The lowest BCUT2D eigenvalue weighted by atomic mass is 10.00. The molecule has 0 bridgehead atoms. The number of nitrogens with one attached hydrogen (secondary N) is 2. The topological polar surface area (TPSA) is 24.1 Å². The van der Waals surface area contributed by atoms with Gasteiger partial charge in [-0.2, -0.15) is 0 Å². The number of rotatable bonds is 2. The molecular formula is C12H16N2. The first-order chi connectivity index (χ1) is 6.79. The third-order valence-corrected chi connectivity index (χ3v) is 2.56. The summed E-state index contributed by atoms with van der Waals surface area (Å²) in [5.41, 5.74) is 5.07. The lowest BCUT2D eigenvalue weighted by molar-refractivity contribution is 0.815. The number of aryl methyl sites for hydroxylation is 1. The van der Waals surface area contributed by atoms with Crippen molar-refractivity contribution in [3.05, 3.63) is 41.6 Å². The molecule has 0 spiro atoms. The van der Waals surface area contributed by atoms with Gasteiger partial charge in [0, 0.05) is 17.9 Å². The third kappa shape index (κ3) is 1.80. The summed E-state index contributed by atoms with van der Waals surface area (Å²) in [7, 11) is 1.96. The van der Waals surface area contributed by atoms with Gasteiger partial charge in [-0.05, 0) is 37.1 Å². The number of hydrogen-bond donors (Lipinski definition) is 2. The smallest absolute Gasteiger partial charge is 0.0417 e. The summed E-state index contributed by atoms with van der Waals surface area (Å²) < 4.78 is 0. The van der Waals surface area contributed by atoms with Crippen LogP contribution < -0.4 is 10.6 Å². The monoisotopic (exact) mass is 188 g/mol. The average molecular weight is 188 g/mol. The average Bonchev–Trinajstić information content (AvgIpc) is 2.17. The summed E-state index contributed by atoms with van der Waals surface area (Å²) >= 11 is 0. The zero-order valence-corrected chi connectivity index (χ0v) is 8.56. The van der Waals surface area contributed by atoms with E-state index >= 15 is 0 Å². The normalized spacial score (nSPS) is 14.8. The van der Waals surface area contributed by atoms with Gasteiger partial charge in [-0.3, -0.25) is 0 Å². The fraction of sp³-hybridized carbons (Fsp3) is 0.333. The van der Waals surface area contributed by atoms with E-state index in [4.69, 9.17) is 0 Å². The minimum atomic E-state index is 0.918. The Morgan fingerprint density at radius 2 is 2.29 bits per heavy atom. The van der Waals surface area contributed by atoms with Gasteiger partial charge in [0.1, 0.15) is 0 Å². The fourth-order valence-electron chi connectivity index (χ4n) is 1.81. The van der Waals surface area contributed by atoms with Crippen LogP contribution in [0.5, 0.6) is 0 Å². The van der Waals surface area contributed by atoms with E-state index in [-0.39, 0.29) is 0 Å². The molecule has 1 aliphatic rings. The zero-order chi connectivity index (χ0) is 9.97. The number of fused-ring (bicyclic) bond motifs is 1. The maximum absolute atomic E-state index is 3.96. The van der Waals surface area contributed by atoms with Gasteiger partial charge in [0.2, 0.25) is 0 Å². The molecule has 0 unspecified atom stereocenters. The molecular weight excluding hydrogens is 172 g/mol. The first-order valence-electron chi connectivity index (χ1n) is 5.01. The van der Waals surface area contributed by atoms with Gasteiger partial charge in [0.05, 0.1) is 0 Å². The van der Waals surface area contributed by atoms with E-state index in [1.54, 1.807) is 0 Å². The molecule has 0 fully saturated rings. The molecule has 0 amide bonds. The molecule has 2 rings (SSSR count). The van der Waals surface area contributed by atoms with E-state index in [1.165, 1.54) is 16.8 Å². The Hall–Kier alpha value is -1.28. The third-order valence-electron chi connectivity index (χ3n) is 2.56. The molecule has 1 aromatic carbocycles. The van der Waals surface area contributed by atoms with Crippen molar-refractivity contribution in [3.8, 4) is 0 Å². The fourth-order valence-corrected chi connectivity index (χ4v) is 1.81. The molecule has 0 saturated heterocycles. The van der Waals surface area contributed by atoms with Gasteiger partial charge in [0.25, 0.3) is 0 Å². The second-order valence-electron chi connectivity index (χ2n) is 3.75. The van der Waals surface area contributed by atoms with E-state index in [0.29, 0.717) is 0 Å². The van der Waals surface area contributed by atoms with Gasteiger partial charge in [0.15, 0.2) is 0 Å². The predicted octanol–water partition coefficient (Wildman–Crippen LogP) is 2.28. The summed E-state index contributed by atoms with van der Waals surface area (Å²) in [6.07, 6.45) is 2.17. The van der Waals surface area contributed by atoms with Crippen molar-refractivity contribution >= 4 is 5.69 Å². The predicted molar refractivity (Wildman–Crippen MR) is 60.3 cm³/mol. The van der Waals surface area contributed by atoms with Crippen LogP contribution in [0.1, 0.15) is 17.5 Å². The standard InChI is InChI=1S/C12H16N2/c1-9-3-5-11-6-4-10(8-13-2)7-12(11)14-9/h4,6-7,13-14H,1,3,5,8H2,2H3. The number of allylic oxidation sites excluding steroid dienone is 1. The minimum absolute atomic E-state index is 0.918. The lowest BCUT2D eigenvalue weighted by Crippen LogP contribution is -2.11. The van der Waals surface area contributed by atoms with Crippen molar-refractivity contribution in [1.29, 1.82) is 0 Å². The minimum Gasteiger partial charge on any atom is -0.359 e. The van der Waals surface area contributed by atoms with Gasteiger partial charge in [-0.1, -0.05) is 18.7 Å². The molecule has 1 heterocycles. The van der Waals surface area contributed by atoms with Gasteiger partial charge < -0.3 is 10.6 Å². The van der Waals surface area contributed by atoms with Crippen molar-refractivity contribution in [2.45, 2.75) is 19.4 Å². The van der Waals surface area contributed by atoms with E-state index in [1.807, 2.05) is 7.05 Å². The first kappa shape index (κ1) is 9.28. The summed E-state index contributed by atoms with van der Waals surface area (Å²) in [6, 6.07) is 6.60. The van der Waals surface area contributed by atoms with Gasteiger partial charge >= 0.3 is 0 Å². The van der Waals surface area contributed by atoms with Gasteiger partial charge in [-0.25, -0.2) is 0 Å². The molecule has 1 aromatic rings. The van der Waals surface area contributed by atoms with Crippen LogP contribution in [0.4, 0.5) is 5.69 Å². The number of benzene rings is 1. The van der Waals surface area contributed by atoms with Crippen molar-refractivity contribution in [2.24, 2.45) is 0 Å². The van der Waals surface area contributed by atoms with Crippen LogP contribution in [0.15, 0.2) is 30.5 Å². The molecule has 1 aliphatic heterocycles. The van der Waals surface area contributed by atoms with Crippen LogP contribution in [0.3, 0.4) is 0 Å². The highest BCUT2D eigenvalue weighted by Crippen LogP contribution is 2.26. The maximum atomic E-state index is 3.96. The van der Waals surface area contributed by atoms with Crippen LogP contribution in [-0.4, -0.2) is 7.05 Å². The molecule has 0 aliphatic carbocycles. The summed E-state index contributed by atoms with van der Waals surface area (Å²) in [4.78, 5) is 0. The second-order valence-corrected chi connectivity index (χ2v) is 3.75. The summed E-state index contributed by atoms with van der Waals surface area (Å²) in [5, 5.41) is 6.49. The second kappa shape index (κ2) is 3.84. The zero-order valence-electron chi connectivity index (χ0n) is 8.56. The molecule has 0 saturated carbocycles. The van der Waals surface area contributed by atoms with Crippen LogP contribution in [0, 0.1) is 0 Å². The van der Waals surface area contributed by atoms with Crippen LogP contribution in [-0.2, 0) is 13.0 Å². The highest BCUT2D eigenvalue weighted by atomic mass is 14.9. The van der Waals surface area contributed by atoms with Crippen LogP contribution >= 0.6 is 0 Å². The Morgan fingerprint density at radius 3 is 3.07 bits per heavy atom. The number of anilines is 1. The SMILES string of the molecule is C=C1CCc2ccc(CNC)cc2N1. The van der Waals surface area contributed by atoms with Crippen LogP contribution in [0.25, 0.3) is 0 Å². The first-order valence-corrected chi connectivity index (χ1v) is 5.01. The number of hydrogen-bond acceptors (Lipinski definition) is 2. The molecule has 2 heteroatoms. The van der Waals surface area contributed by atoms with Crippen LogP contribution in [0.2, 0.25) is 0 Å². The molecule has 0 atom stereocenters. The Labute approximate surface area is 85.0 Å². The quantitative estimate of drug-likeness (QED) is 0.744. The van der Waals surface area contributed by atoms with E-state index in [0.717, 1.165) is 25.1 Å². The van der Waals surface area contributed by atoms with E-state index in [2.05, 4.69) is 35.4 Å². The Morgan fingerprint density at radius 1 is 1.43 bits per heavy atom.